The number of aromatic carboxylic acids is 1. The number of carboxylic acids is 1. The highest BCUT2D eigenvalue weighted by atomic mass is 19.4. The third kappa shape index (κ3) is 5.55. The molecule has 1 rings (SSSR count). The van der Waals surface area contributed by atoms with Crippen molar-refractivity contribution in [3.63, 3.8) is 0 Å². The van der Waals surface area contributed by atoms with Gasteiger partial charge in [-0.3, -0.25) is 4.79 Å². The molecule has 0 fully saturated rings. The molecule has 0 unspecified atom stereocenters. The van der Waals surface area contributed by atoms with Crippen LogP contribution in [0.2, 0.25) is 0 Å². The average Bonchev–Trinajstić information content (AvgIpc) is 2.36. The van der Waals surface area contributed by atoms with E-state index in [1.807, 2.05) is 0 Å². The molecule has 0 amide bonds. The summed E-state index contributed by atoms with van der Waals surface area (Å²) in [5.41, 5.74) is -0.361. The second-order valence-corrected chi connectivity index (χ2v) is 3.79. The first-order valence-electron chi connectivity index (χ1n) is 5.59. The molecular weight excluding hydrogens is 293 g/mol. The van der Waals surface area contributed by atoms with Crippen molar-refractivity contribution in [1.82, 2.24) is 0 Å². The lowest BCUT2D eigenvalue weighted by Crippen LogP contribution is -2.19. The number of hydrogen-bond acceptors (Lipinski definition) is 4. The molecule has 0 saturated heterocycles. The predicted molar refractivity (Wildman–Crippen MR) is 65.8 cm³/mol. The number of rotatable bonds is 5. The molecule has 114 valence electrons. The van der Waals surface area contributed by atoms with E-state index in [1.54, 1.807) is 0 Å². The van der Waals surface area contributed by atoms with Crippen LogP contribution in [-0.2, 0) is 9.53 Å². The van der Waals surface area contributed by atoms with Gasteiger partial charge >= 0.3 is 18.3 Å². The van der Waals surface area contributed by atoms with Gasteiger partial charge in [-0.1, -0.05) is 18.2 Å². The summed E-state index contributed by atoms with van der Waals surface area (Å²) in [5.74, 6) is -2.88. The van der Waals surface area contributed by atoms with Crippen LogP contribution in [0.5, 0.6) is 5.75 Å². The maximum Gasteiger partial charge on any atom is 0.573 e. The number of alkyl halides is 3. The third-order valence-corrected chi connectivity index (χ3v) is 2.28. The summed E-state index contributed by atoms with van der Waals surface area (Å²) < 4.78 is 44.7. The molecule has 21 heavy (non-hydrogen) atoms. The second kappa shape index (κ2) is 6.78. The number of hydrogen-bond donors (Lipinski definition) is 1. The minimum absolute atomic E-state index is 0.0629. The Morgan fingerprint density at radius 2 is 2.00 bits per heavy atom. The number of halogens is 3. The molecule has 1 aromatic rings. The molecule has 0 aliphatic heterocycles. The second-order valence-electron chi connectivity index (χ2n) is 3.79. The van der Waals surface area contributed by atoms with E-state index in [4.69, 9.17) is 5.11 Å². The minimum Gasteiger partial charge on any atom is -0.478 e. The summed E-state index contributed by atoms with van der Waals surface area (Å²) in [4.78, 5) is 21.7. The number of esters is 1. The van der Waals surface area contributed by atoms with Crippen LogP contribution < -0.4 is 4.74 Å². The van der Waals surface area contributed by atoms with Gasteiger partial charge in [0.1, 0.15) is 11.3 Å². The monoisotopic (exact) mass is 304 g/mol. The average molecular weight is 304 g/mol. The molecule has 0 spiro atoms. The van der Waals surface area contributed by atoms with Gasteiger partial charge in [-0.25, -0.2) is 4.79 Å². The topological polar surface area (TPSA) is 72.8 Å². The summed E-state index contributed by atoms with van der Waals surface area (Å²) in [5, 5.41) is 8.81. The van der Waals surface area contributed by atoms with Crippen LogP contribution in [0.15, 0.2) is 24.3 Å². The van der Waals surface area contributed by atoms with Crippen LogP contribution in [-0.4, -0.2) is 30.5 Å². The quantitative estimate of drug-likeness (QED) is 0.847. The van der Waals surface area contributed by atoms with E-state index in [-0.39, 0.29) is 12.0 Å². The highest BCUT2D eigenvalue weighted by Gasteiger charge is 2.33. The Labute approximate surface area is 117 Å². The molecule has 0 aliphatic carbocycles. The van der Waals surface area contributed by atoms with E-state index in [1.165, 1.54) is 25.3 Å². The van der Waals surface area contributed by atoms with Gasteiger partial charge in [0, 0.05) is 0 Å². The van der Waals surface area contributed by atoms with E-state index in [9.17, 15) is 22.8 Å². The van der Waals surface area contributed by atoms with Crippen molar-refractivity contribution < 1.29 is 37.3 Å². The first kappa shape index (κ1) is 16.5. The van der Waals surface area contributed by atoms with Gasteiger partial charge in [-0.2, -0.15) is 0 Å². The smallest absolute Gasteiger partial charge is 0.478 e. The Hall–Kier alpha value is -2.51. The predicted octanol–water partition coefficient (Wildman–Crippen LogP) is 2.86. The zero-order valence-corrected chi connectivity index (χ0v) is 10.8. The number of carbonyl (C=O) groups excluding carboxylic acids is 1. The Morgan fingerprint density at radius 3 is 2.52 bits per heavy atom. The van der Waals surface area contributed by atoms with E-state index in [0.29, 0.717) is 0 Å². The summed E-state index contributed by atoms with van der Waals surface area (Å²) in [7, 11) is 1.20. The normalized spacial score (nSPS) is 11.4. The van der Waals surface area contributed by atoms with Crippen molar-refractivity contribution in [2.45, 2.75) is 12.8 Å². The molecule has 0 saturated carbocycles. The molecule has 8 heteroatoms. The lowest BCUT2D eigenvalue weighted by molar-refractivity contribution is -0.274. The fraction of sp³-hybridized carbons (Fsp3) is 0.231. The molecule has 0 atom stereocenters. The fourth-order valence-electron chi connectivity index (χ4n) is 1.40. The van der Waals surface area contributed by atoms with Gasteiger partial charge in [-0.05, 0) is 17.7 Å². The summed E-state index contributed by atoms with van der Waals surface area (Å²) in [6.45, 7) is 0. The van der Waals surface area contributed by atoms with E-state index in [0.717, 1.165) is 12.1 Å². The Bertz CT molecular complexity index is 563. The van der Waals surface area contributed by atoms with Crippen molar-refractivity contribution in [3.8, 4) is 5.75 Å². The van der Waals surface area contributed by atoms with Crippen LogP contribution in [0.4, 0.5) is 13.2 Å². The Kier molecular flexibility index (Phi) is 5.34. The number of methoxy groups -OCH3 is 1. The SMILES string of the molecule is COC(=O)CC=Cc1ccc(C(=O)O)c(OC(F)(F)F)c1. The number of carbonyl (C=O) groups is 2. The first-order valence-corrected chi connectivity index (χ1v) is 5.59. The number of benzene rings is 1. The molecule has 0 aromatic heterocycles. The third-order valence-electron chi connectivity index (χ3n) is 2.28. The van der Waals surface area contributed by atoms with Crippen molar-refractivity contribution >= 4 is 18.0 Å². The van der Waals surface area contributed by atoms with Gasteiger partial charge in [0.2, 0.25) is 0 Å². The lowest BCUT2D eigenvalue weighted by atomic mass is 10.1. The highest BCUT2D eigenvalue weighted by Crippen LogP contribution is 2.28. The summed E-state index contributed by atoms with van der Waals surface area (Å²) >= 11 is 0. The van der Waals surface area contributed by atoms with Crippen molar-refractivity contribution in [1.29, 1.82) is 0 Å². The molecule has 1 aromatic carbocycles. The Balaban J connectivity index is 3.01. The van der Waals surface area contributed by atoms with Gasteiger partial charge < -0.3 is 14.6 Å². The molecule has 0 bridgehead atoms. The van der Waals surface area contributed by atoms with Crippen LogP contribution in [0.1, 0.15) is 22.3 Å². The van der Waals surface area contributed by atoms with E-state index >= 15 is 0 Å². The van der Waals surface area contributed by atoms with Crippen LogP contribution >= 0.6 is 0 Å². The van der Waals surface area contributed by atoms with Gasteiger partial charge in [0.15, 0.2) is 0 Å². The fourth-order valence-corrected chi connectivity index (χ4v) is 1.40. The zero-order valence-electron chi connectivity index (χ0n) is 10.8. The molecule has 0 heterocycles. The largest absolute Gasteiger partial charge is 0.573 e. The number of ether oxygens (including phenoxy) is 2. The molecule has 0 aliphatic rings. The molecule has 5 nitrogen and oxygen atoms in total. The van der Waals surface area contributed by atoms with Gasteiger partial charge in [0.05, 0.1) is 13.5 Å². The zero-order chi connectivity index (χ0) is 16.0. The standard InChI is InChI=1S/C13H11F3O5/c1-20-11(17)4-2-3-8-5-6-9(12(18)19)10(7-8)21-13(14,15)16/h2-3,5-7H,4H2,1H3,(H,18,19). The van der Waals surface area contributed by atoms with Crippen LogP contribution in [0.3, 0.4) is 0 Å². The summed E-state index contributed by atoms with van der Waals surface area (Å²) in [6.07, 6.45) is -2.34. The van der Waals surface area contributed by atoms with Crippen molar-refractivity contribution in [3.05, 3.63) is 35.4 Å². The first-order chi connectivity index (χ1) is 9.73. The lowest BCUT2D eigenvalue weighted by Gasteiger charge is -2.11. The van der Waals surface area contributed by atoms with Gasteiger partial charge in [-0.15, -0.1) is 13.2 Å². The minimum atomic E-state index is -5.00. The maximum absolute atomic E-state index is 12.2. The van der Waals surface area contributed by atoms with Crippen molar-refractivity contribution in [2.24, 2.45) is 0 Å². The van der Waals surface area contributed by atoms with E-state index < -0.39 is 29.6 Å². The molecule has 1 N–H and O–H groups in total. The van der Waals surface area contributed by atoms with Crippen molar-refractivity contribution in [2.75, 3.05) is 7.11 Å². The molecular formula is C13H11F3O5. The van der Waals surface area contributed by atoms with Crippen LogP contribution in [0.25, 0.3) is 6.08 Å². The maximum atomic E-state index is 12.2. The van der Waals surface area contributed by atoms with Crippen LogP contribution in [0, 0.1) is 0 Å². The molecule has 0 radical (unpaired) electrons. The Morgan fingerprint density at radius 1 is 1.33 bits per heavy atom. The van der Waals surface area contributed by atoms with Gasteiger partial charge in [0.25, 0.3) is 0 Å². The van der Waals surface area contributed by atoms with E-state index in [2.05, 4.69) is 9.47 Å². The number of carboxylic acid groups (broad SMARTS) is 1. The highest BCUT2D eigenvalue weighted by molar-refractivity contribution is 5.91. The summed E-state index contributed by atoms with van der Waals surface area (Å²) in [6, 6.07) is 3.20.